The molecule has 0 spiro atoms. The van der Waals surface area contributed by atoms with Gasteiger partial charge >= 0.3 is 18.5 Å². The molecule has 0 aromatic carbocycles. The average molecular weight is 521 g/mol. The SMILES string of the molecule is CC(=N)C(F)(F)F.CC(C)c1ccnc(C(F)(F)F)n1.COc1cc(C(F)(F)F)nc(C(C)C)n1. The third kappa shape index (κ3) is 11.8. The highest BCUT2D eigenvalue weighted by molar-refractivity contribution is 5.84. The molecule has 0 saturated heterocycles. The number of hydrogen-bond donors (Lipinski definition) is 1. The highest BCUT2D eigenvalue weighted by atomic mass is 19.4. The van der Waals surface area contributed by atoms with Gasteiger partial charge in [0, 0.05) is 23.9 Å². The summed E-state index contributed by atoms with van der Waals surface area (Å²) < 4.78 is 111. The van der Waals surface area contributed by atoms with E-state index in [1.165, 1.54) is 13.2 Å². The van der Waals surface area contributed by atoms with E-state index in [4.69, 9.17) is 5.41 Å². The first-order valence-corrected chi connectivity index (χ1v) is 9.72. The average Bonchev–Trinajstić information content (AvgIpc) is 2.72. The summed E-state index contributed by atoms with van der Waals surface area (Å²) in [4.78, 5) is 13.8. The monoisotopic (exact) mass is 521 g/mol. The molecule has 2 heterocycles. The van der Waals surface area contributed by atoms with Crippen LogP contribution in [-0.4, -0.2) is 38.9 Å². The van der Waals surface area contributed by atoms with Crippen LogP contribution >= 0.6 is 0 Å². The Kier molecular flexibility index (Phi) is 11.5. The van der Waals surface area contributed by atoms with E-state index in [1.807, 2.05) is 0 Å². The Morgan fingerprint density at radius 1 is 0.857 bits per heavy atom. The van der Waals surface area contributed by atoms with Gasteiger partial charge in [0.2, 0.25) is 11.7 Å². The quantitative estimate of drug-likeness (QED) is 0.353. The molecule has 0 radical (unpaired) electrons. The normalized spacial score (nSPS) is 11.9. The van der Waals surface area contributed by atoms with E-state index < -0.39 is 35.8 Å². The van der Waals surface area contributed by atoms with Gasteiger partial charge in [-0.05, 0) is 18.9 Å². The van der Waals surface area contributed by atoms with E-state index in [0.717, 1.165) is 12.3 Å². The van der Waals surface area contributed by atoms with Crippen LogP contribution in [0, 0.1) is 5.41 Å². The van der Waals surface area contributed by atoms with Gasteiger partial charge in [-0.2, -0.15) is 44.5 Å². The molecular weight excluding hydrogens is 497 g/mol. The van der Waals surface area contributed by atoms with Crippen LogP contribution in [0.5, 0.6) is 5.88 Å². The van der Waals surface area contributed by atoms with Crippen molar-refractivity contribution in [1.29, 1.82) is 5.41 Å². The topological polar surface area (TPSA) is 84.6 Å². The van der Waals surface area contributed by atoms with Crippen molar-refractivity contribution in [3.8, 4) is 5.88 Å². The van der Waals surface area contributed by atoms with E-state index in [9.17, 15) is 39.5 Å². The second-order valence-corrected chi connectivity index (χ2v) is 7.39. The predicted molar refractivity (Wildman–Crippen MR) is 108 cm³/mol. The molecule has 2 aromatic rings. The fraction of sp³-hybridized carbons (Fsp3) is 0.550. The first kappa shape index (κ1) is 32.0. The van der Waals surface area contributed by atoms with Gasteiger partial charge in [0.25, 0.3) is 0 Å². The third-order valence-electron chi connectivity index (χ3n) is 3.68. The third-order valence-corrected chi connectivity index (χ3v) is 3.68. The van der Waals surface area contributed by atoms with Crippen molar-refractivity contribution in [1.82, 2.24) is 19.9 Å². The molecule has 0 fully saturated rings. The van der Waals surface area contributed by atoms with E-state index >= 15 is 0 Å². The molecule has 198 valence electrons. The summed E-state index contributed by atoms with van der Waals surface area (Å²) in [5.41, 5.74) is -1.83. The van der Waals surface area contributed by atoms with Crippen molar-refractivity contribution in [3.63, 3.8) is 0 Å². The summed E-state index contributed by atoms with van der Waals surface area (Å²) >= 11 is 0. The number of aromatic nitrogens is 4. The van der Waals surface area contributed by atoms with Gasteiger partial charge in [-0.3, -0.25) is 0 Å². The fourth-order valence-electron chi connectivity index (χ4n) is 1.78. The van der Waals surface area contributed by atoms with E-state index in [1.54, 1.807) is 27.7 Å². The summed E-state index contributed by atoms with van der Waals surface area (Å²) in [7, 11) is 1.27. The Hall–Kier alpha value is -3.00. The molecule has 2 rings (SSSR count). The molecular formula is C20H24F9N5O. The van der Waals surface area contributed by atoms with E-state index in [2.05, 4.69) is 24.7 Å². The number of nitrogens with one attached hydrogen (secondary N) is 1. The van der Waals surface area contributed by atoms with Gasteiger partial charge in [0.1, 0.15) is 11.5 Å². The Bertz CT molecular complexity index is 955. The minimum absolute atomic E-state index is 0.0240. The van der Waals surface area contributed by atoms with E-state index in [0.29, 0.717) is 12.6 Å². The van der Waals surface area contributed by atoms with Crippen LogP contribution in [0.4, 0.5) is 39.5 Å². The molecule has 6 nitrogen and oxygen atoms in total. The maximum atomic E-state index is 12.4. The highest BCUT2D eigenvalue weighted by Crippen LogP contribution is 2.30. The van der Waals surface area contributed by atoms with Crippen molar-refractivity contribution >= 4 is 5.71 Å². The fourth-order valence-corrected chi connectivity index (χ4v) is 1.78. The van der Waals surface area contributed by atoms with Crippen molar-refractivity contribution in [2.45, 2.75) is 65.0 Å². The van der Waals surface area contributed by atoms with Crippen LogP contribution in [0.2, 0.25) is 0 Å². The van der Waals surface area contributed by atoms with Crippen LogP contribution in [-0.2, 0) is 12.4 Å². The van der Waals surface area contributed by atoms with Gasteiger partial charge < -0.3 is 10.1 Å². The first-order chi connectivity index (χ1) is 15.7. The minimum atomic E-state index is -4.47. The van der Waals surface area contributed by atoms with Gasteiger partial charge in [0.15, 0.2) is 5.69 Å². The number of rotatable bonds is 3. The van der Waals surface area contributed by atoms with Crippen molar-refractivity contribution in [2.75, 3.05) is 7.11 Å². The lowest BCUT2D eigenvalue weighted by atomic mass is 10.1. The van der Waals surface area contributed by atoms with Crippen molar-refractivity contribution in [3.05, 3.63) is 41.4 Å². The molecule has 1 N–H and O–H groups in total. The van der Waals surface area contributed by atoms with Crippen molar-refractivity contribution < 1.29 is 44.3 Å². The molecule has 0 atom stereocenters. The standard InChI is InChI=1S/C9H11F3N2O.C8H9F3N2.C3H4F3N/c1-5(2)8-13-6(9(10,11)12)4-7(14-8)15-3;1-5(2)6-3-4-12-7(13-6)8(9,10)11;1-2(7)3(4,5)6/h4-5H,1-3H3;3-5H,1-2H3;7H,1H3. The van der Waals surface area contributed by atoms with Gasteiger partial charge in [-0.1, -0.05) is 27.7 Å². The highest BCUT2D eigenvalue weighted by Gasteiger charge is 2.35. The zero-order valence-corrected chi connectivity index (χ0v) is 19.5. The summed E-state index contributed by atoms with van der Waals surface area (Å²) in [6.45, 7) is 7.70. The second kappa shape index (κ2) is 12.6. The molecule has 0 bridgehead atoms. The maximum absolute atomic E-state index is 12.4. The Labute approximate surface area is 195 Å². The first-order valence-electron chi connectivity index (χ1n) is 9.72. The number of methoxy groups -OCH3 is 1. The lowest BCUT2D eigenvalue weighted by Crippen LogP contribution is -2.17. The molecule has 35 heavy (non-hydrogen) atoms. The molecule has 0 amide bonds. The largest absolute Gasteiger partial charge is 0.481 e. The van der Waals surface area contributed by atoms with Gasteiger partial charge in [0.05, 0.1) is 7.11 Å². The molecule has 0 unspecified atom stereocenters. The Balaban J connectivity index is 0.000000529. The Morgan fingerprint density at radius 3 is 1.71 bits per heavy atom. The number of nitrogens with zero attached hydrogens (tertiary/aromatic N) is 4. The zero-order valence-electron chi connectivity index (χ0n) is 19.5. The molecule has 0 saturated carbocycles. The van der Waals surface area contributed by atoms with Crippen molar-refractivity contribution in [2.24, 2.45) is 0 Å². The van der Waals surface area contributed by atoms with Crippen LogP contribution in [0.25, 0.3) is 0 Å². The maximum Gasteiger partial charge on any atom is 0.451 e. The lowest BCUT2D eigenvalue weighted by Gasteiger charge is -2.11. The lowest BCUT2D eigenvalue weighted by molar-refractivity contribution is -0.145. The second-order valence-electron chi connectivity index (χ2n) is 7.39. The van der Waals surface area contributed by atoms with Crippen LogP contribution in [0.3, 0.4) is 0 Å². The molecule has 15 heteroatoms. The number of hydrogen-bond acceptors (Lipinski definition) is 6. The smallest absolute Gasteiger partial charge is 0.451 e. The van der Waals surface area contributed by atoms with Crippen LogP contribution in [0.15, 0.2) is 18.3 Å². The van der Waals surface area contributed by atoms with Crippen LogP contribution < -0.4 is 4.74 Å². The molecule has 0 aliphatic rings. The summed E-state index contributed by atoms with van der Waals surface area (Å²) in [5.74, 6) is -1.22. The molecule has 0 aliphatic heterocycles. The predicted octanol–water partition coefficient (Wildman–Crippen LogP) is 6.83. The summed E-state index contributed by atoms with van der Waals surface area (Å²) in [6, 6.07) is 2.27. The van der Waals surface area contributed by atoms with Crippen LogP contribution in [0.1, 0.15) is 69.5 Å². The van der Waals surface area contributed by atoms with E-state index in [-0.39, 0.29) is 23.5 Å². The summed E-state index contributed by atoms with van der Waals surface area (Å²) in [6.07, 6.45) is -12.2. The van der Waals surface area contributed by atoms with Gasteiger partial charge in [-0.25, -0.2) is 15.0 Å². The molecule has 0 aliphatic carbocycles. The zero-order chi connectivity index (χ0) is 27.8. The number of ether oxygens (including phenoxy) is 1. The summed E-state index contributed by atoms with van der Waals surface area (Å²) in [5, 5.41) is 6.02. The number of halogens is 9. The molecule has 2 aromatic heterocycles. The number of alkyl halides is 9. The van der Waals surface area contributed by atoms with Gasteiger partial charge in [-0.15, -0.1) is 0 Å². The minimum Gasteiger partial charge on any atom is -0.481 e. The Morgan fingerprint density at radius 2 is 1.37 bits per heavy atom.